The van der Waals surface area contributed by atoms with Gasteiger partial charge in [0.15, 0.2) is 0 Å². The molecule has 0 saturated carbocycles. The standard InChI is InChI=1S/C46H52Br2S4/c1-23(2)29-17-31(25(5)6)43(32(18-29)26(7)8)35-21-39(37-13-15-41(47)49-37)51-45(35)46-36(22-40(52-46)38-14-16-42(48)50-38)44-33(27(9)10)19-30(24(3)4)20-34(44)28(11)12/h13-28H,1-12H3. The van der Waals surface area contributed by atoms with Crippen LogP contribution in [0.1, 0.15) is 152 Å². The van der Waals surface area contributed by atoms with Crippen molar-refractivity contribution in [3.8, 4) is 51.5 Å². The first-order valence-corrected chi connectivity index (χ1v) is 23.6. The summed E-state index contributed by atoms with van der Waals surface area (Å²) in [6.07, 6.45) is 0. The fraction of sp³-hybridized carbons (Fsp3) is 0.391. The Kier molecular flexibility index (Phi) is 12.4. The van der Waals surface area contributed by atoms with Crippen molar-refractivity contribution < 1.29 is 0 Å². The molecule has 0 bridgehead atoms. The summed E-state index contributed by atoms with van der Waals surface area (Å²) in [5.41, 5.74) is 14.3. The molecule has 4 aromatic heterocycles. The molecular weight excluding hydrogens is 841 g/mol. The fourth-order valence-electron chi connectivity index (χ4n) is 7.16. The van der Waals surface area contributed by atoms with Crippen molar-refractivity contribution in [3.63, 3.8) is 0 Å². The largest absolute Gasteiger partial charge is 0.133 e. The van der Waals surface area contributed by atoms with Gasteiger partial charge in [-0.3, -0.25) is 0 Å². The van der Waals surface area contributed by atoms with E-state index in [1.54, 1.807) is 0 Å². The molecule has 0 N–H and O–H groups in total. The zero-order chi connectivity index (χ0) is 37.8. The molecular formula is C46H52Br2S4. The van der Waals surface area contributed by atoms with Crippen LogP contribution in [0.2, 0.25) is 0 Å². The van der Waals surface area contributed by atoms with Gasteiger partial charge in [-0.2, -0.15) is 0 Å². The van der Waals surface area contributed by atoms with Gasteiger partial charge >= 0.3 is 0 Å². The van der Waals surface area contributed by atoms with Gasteiger partial charge in [-0.25, -0.2) is 0 Å². The second-order valence-corrected chi connectivity index (χ2v) is 23.0. The van der Waals surface area contributed by atoms with E-state index in [4.69, 9.17) is 0 Å². The molecule has 0 nitrogen and oxygen atoms in total. The van der Waals surface area contributed by atoms with Gasteiger partial charge in [0.25, 0.3) is 0 Å². The molecule has 0 aliphatic heterocycles. The van der Waals surface area contributed by atoms with Crippen LogP contribution in [0.15, 0.2) is 68.2 Å². The van der Waals surface area contributed by atoms with Crippen molar-refractivity contribution in [3.05, 3.63) is 102 Å². The Bertz CT molecular complexity index is 1980. The minimum atomic E-state index is 0.392. The normalized spacial score (nSPS) is 12.3. The molecule has 0 unspecified atom stereocenters. The van der Waals surface area contributed by atoms with Crippen molar-refractivity contribution in [2.45, 2.75) is 119 Å². The van der Waals surface area contributed by atoms with Crippen LogP contribution in [0.25, 0.3) is 51.5 Å². The Morgan fingerprint density at radius 1 is 0.365 bits per heavy atom. The Morgan fingerprint density at radius 3 is 0.904 bits per heavy atom. The van der Waals surface area contributed by atoms with Crippen LogP contribution in [0, 0.1) is 0 Å². The third-order valence-electron chi connectivity index (χ3n) is 10.1. The molecule has 2 aromatic carbocycles. The zero-order valence-corrected chi connectivity index (χ0v) is 39.1. The van der Waals surface area contributed by atoms with Crippen LogP contribution in [-0.2, 0) is 0 Å². The van der Waals surface area contributed by atoms with E-state index in [9.17, 15) is 0 Å². The highest BCUT2D eigenvalue weighted by molar-refractivity contribution is 9.11. The van der Waals surface area contributed by atoms with Crippen LogP contribution in [0.4, 0.5) is 0 Å². The van der Waals surface area contributed by atoms with Crippen LogP contribution >= 0.6 is 77.2 Å². The molecule has 0 aliphatic rings. The van der Waals surface area contributed by atoms with E-state index in [0.717, 1.165) is 0 Å². The summed E-state index contributed by atoms with van der Waals surface area (Å²) in [5.74, 6) is 2.51. The predicted octanol–water partition coefficient (Wildman–Crippen LogP) is 18.5. The van der Waals surface area contributed by atoms with E-state index in [2.05, 4.69) is 176 Å². The van der Waals surface area contributed by atoms with E-state index in [1.807, 2.05) is 45.3 Å². The Hall–Kier alpha value is -1.80. The number of hydrogen-bond acceptors (Lipinski definition) is 4. The maximum absolute atomic E-state index is 3.78. The van der Waals surface area contributed by atoms with Crippen molar-refractivity contribution in [2.75, 3.05) is 0 Å². The average molecular weight is 893 g/mol. The molecule has 6 heteroatoms. The first kappa shape index (κ1) is 39.9. The minimum absolute atomic E-state index is 0.392. The molecule has 0 amide bonds. The highest BCUT2D eigenvalue weighted by atomic mass is 79.9. The number of thiophene rings is 4. The van der Waals surface area contributed by atoms with Gasteiger partial charge in [-0.05, 0) is 148 Å². The third kappa shape index (κ3) is 7.95. The average Bonchev–Trinajstić information content (AvgIpc) is 3.89. The zero-order valence-electron chi connectivity index (χ0n) is 32.6. The van der Waals surface area contributed by atoms with E-state index in [-0.39, 0.29) is 0 Å². The lowest BCUT2D eigenvalue weighted by atomic mass is 9.80. The number of benzene rings is 2. The maximum Gasteiger partial charge on any atom is 0.0705 e. The Morgan fingerprint density at radius 2 is 0.673 bits per heavy atom. The van der Waals surface area contributed by atoms with Gasteiger partial charge in [-0.15, -0.1) is 45.3 Å². The molecule has 0 radical (unpaired) electrons. The molecule has 0 fully saturated rings. The molecule has 6 aromatic rings. The van der Waals surface area contributed by atoms with Crippen LogP contribution in [-0.4, -0.2) is 0 Å². The Balaban J connectivity index is 1.78. The van der Waals surface area contributed by atoms with Crippen LogP contribution in [0.3, 0.4) is 0 Å². The molecule has 6 rings (SSSR count). The fourth-order valence-corrected chi connectivity index (χ4v) is 12.6. The highest BCUT2D eigenvalue weighted by Gasteiger charge is 2.29. The third-order valence-corrected chi connectivity index (χ3v) is 16.2. The van der Waals surface area contributed by atoms with Crippen LogP contribution in [0.5, 0.6) is 0 Å². The van der Waals surface area contributed by atoms with Crippen molar-refractivity contribution in [1.82, 2.24) is 0 Å². The lowest BCUT2D eigenvalue weighted by molar-refractivity contribution is 0.807. The summed E-state index contributed by atoms with van der Waals surface area (Å²) >= 11 is 15.2. The number of hydrogen-bond donors (Lipinski definition) is 0. The highest BCUT2D eigenvalue weighted by Crippen LogP contribution is 2.56. The minimum Gasteiger partial charge on any atom is -0.133 e. The Labute approximate surface area is 346 Å². The molecule has 0 spiro atoms. The van der Waals surface area contributed by atoms with E-state index in [0.29, 0.717) is 35.5 Å². The second kappa shape index (κ2) is 16.1. The van der Waals surface area contributed by atoms with Gasteiger partial charge in [0.2, 0.25) is 0 Å². The van der Waals surface area contributed by atoms with Crippen molar-refractivity contribution >= 4 is 77.2 Å². The van der Waals surface area contributed by atoms with E-state index >= 15 is 0 Å². The molecule has 52 heavy (non-hydrogen) atoms. The maximum atomic E-state index is 3.78. The summed E-state index contributed by atoms with van der Waals surface area (Å²) in [4.78, 5) is 8.07. The summed E-state index contributed by atoms with van der Waals surface area (Å²) < 4.78 is 2.34. The smallest absolute Gasteiger partial charge is 0.0705 e. The summed E-state index contributed by atoms with van der Waals surface area (Å²) in [6, 6.07) is 24.1. The number of rotatable bonds is 11. The lowest BCUT2D eigenvalue weighted by Gasteiger charge is -2.25. The quantitative estimate of drug-likeness (QED) is 0.122. The first-order valence-electron chi connectivity index (χ1n) is 18.7. The topological polar surface area (TPSA) is 0 Å². The number of halogens is 2. The van der Waals surface area contributed by atoms with E-state index < -0.39 is 0 Å². The van der Waals surface area contributed by atoms with E-state index in [1.165, 1.54) is 92.5 Å². The van der Waals surface area contributed by atoms with Crippen molar-refractivity contribution in [2.24, 2.45) is 0 Å². The van der Waals surface area contributed by atoms with Gasteiger partial charge < -0.3 is 0 Å². The molecule has 274 valence electrons. The predicted molar refractivity (Wildman–Crippen MR) is 245 cm³/mol. The van der Waals surface area contributed by atoms with Gasteiger partial charge in [0.1, 0.15) is 0 Å². The SMILES string of the molecule is CC(C)c1cc(C(C)C)c(-c2cc(-c3ccc(Br)s3)sc2-c2sc(-c3ccc(Br)s3)cc2-c2c(C(C)C)cc(C(C)C)cc2C(C)C)c(C(C)C)c1. The van der Waals surface area contributed by atoms with Gasteiger partial charge in [0, 0.05) is 30.6 Å². The summed E-state index contributed by atoms with van der Waals surface area (Å²) in [6.45, 7) is 28.3. The second-order valence-electron chi connectivity index (χ2n) is 16.0. The van der Waals surface area contributed by atoms with Gasteiger partial charge in [-0.1, -0.05) is 107 Å². The van der Waals surface area contributed by atoms with Gasteiger partial charge in [0.05, 0.1) is 17.3 Å². The molecule has 0 atom stereocenters. The van der Waals surface area contributed by atoms with Crippen molar-refractivity contribution in [1.29, 1.82) is 0 Å². The summed E-state index contributed by atoms with van der Waals surface area (Å²) in [5, 5.41) is 0. The monoisotopic (exact) mass is 890 g/mol. The summed E-state index contributed by atoms with van der Waals surface area (Å²) in [7, 11) is 0. The van der Waals surface area contributed by atoms with Crippen LogP contribution < -0.4 is 0 Å². The lowest BCUT2D eigenvalue weighted by Crippen LogP contribution is -2.04. The first-order chi connectivity index (χ1) is 24.5. The molecule has 0 aliphatic carbocycles. The molecule has 0 saturated heterocycles. The molecule has 4 heterocycles.